The van der Waals surface area contributed by atoms with Gasteiger partial charge in [0.05, 0.1) is 11.0 Å². The van der Waals surface area contributed by atoms with Crippen molar-refractivity contribution in [3.8, 4) is 0 Å². The molecule has 0 aliphatic heterocycles. The molecule has 20 heavy (non-hydrogen) atoms. The summed E-state index contributed by atoms with van der Waals surface area (Å²) in [5.41, 5.74) is 0.00517. The van der Waals surface area contributed by atoms with E-state index in [4.69, 9.17) is 4.74 Å². The zero-order valence-electron chi connectivity index (χ0n) is 11.9. The second kappa shape index (κ2) is 5.36. The standard InChI is InChI=1S/C14H19FN2O3/c1-4-20-13-8-12(14(13,2)3)16-9-5-6-11(17(18)19)10(15)7-9/h5-7,12-13,16H,4,8H2,1-3H3. The van der Waals surface area contributed by atoms with Crippen LogP contribution in [0.3, 0.4) is 0 Å². The SMILES string of the molecule is CCOC1CC(Nc2ccc([N+](=O)[O-])c(F)c2)C1(C)C. The van der Waals surface area contributed by atoms with E-state index in [0.29, 0.717) is 12.3 Å². The maximum atomic E-state index is 13.6. The van der Waals surface area contributed by atoms with Crippen LogP contribution in [0.1, 0.15) is 27.2 Å². The third-order valence-electron chi connectivity index (χ3n) is 4.03. The highest BCUT2D eigenvalue weighted by Crippen LogP contribution is 2.44. The maximum Gasteiger partial charge on any atom is 0.304 e. The molecular formula is C14H19FN2O3. The summed E-state index contributed by atoms with van der Waals surface area (Å²) in [5, 5.41) is 13.8. The molecule has 1 aromatic carbocycles. The summed E-state index contributed by atoms with van der Waals surface area (Å²) in [7, 11) is 0. The molecule has 1 fully saturated rings. The van der Waals surface area contributed by atoms with Gasteiger partial charge in [-0.15, -0.1) is 0 Å². The molecule has 0 bridgehead atoms. The Balaban J connectivity index is 2.05. The van der Waals surface area contributed by atoms with Gasteiger partial charge in [-0.25, -0.2) is 0 Å². The van der Waals surface area contributed by atoms with Crippen LogP contribution in [0.4, 0.5) is 15.8 Å². The van der Waals surface area contributed by atoms with Gasteiger partial charge in [-0.1, -0.05) is 13.8 Å². The Labute approximate surface area is 117 Å². The Bertz CT molecular complexity index is 519. The van der Waals surface area contributed by atoms with E-state index in [1.807, 2.05) is 6.92 Å². The zero-order chi connectivity index (χ0) is 14.9. The number of nitro groups is 1. The molecule has 2 atom stereocenters. The zero-order valence-corrected chi connectivity index (χ0v) is 11.9. The van der Waals surface area contributed by atoms with Crippen LogP contribution in [0, 0.1) is 21.3 Å². The summed E-state index contributed by atoms with van der Waals surface area (Å²) in [6, 6.07) is 4.05. The van der Waals surface area contributed by atoms with Gasteiger partial charge < -0.3 is 10.1 Å². The first kappa shape index (κ1) is 14.7. The van der Waals surface area contributed by atoms with Crippen molar-refractivity contribution in [2.75, 3.05) is 11.9 Å². The van der Waals surface area contributed by atoms with Crippen molar-refractivity contribution in [1.29, 1.82) is 0 Å². The number of hydrogen-bond acceptors (Lipinski definition) is 4. The number of nitrogens with zero attached hydrogens (tertiary/aromatic N) is 1. The summed E-state index contributed by atoms with van der Waals surface area (Å²) in [6.45, 7) is 6.82. The molecule has 5 nitrogen and oxygen atoms in total. The smallest absolute Gasteiger partial charge is 0.304 e. The summed E-state index contributed by atoms with van der Waals surface area (Å²) < 4.78 is 19.2. The summed E-state index contributed by atoms with van der Waals surface area (Å²) in [6.07, 6.45) is 1.03. The lowest BCUT2D eigenvalue weighted by Gasteiger charge is -2.52. The third-order valence-corrected chi connectivity index (χ3v) is 4.03. The molecule has 2 rings (SSSR count). The summed E-state index contributed by atoms with van der Waals surface area (Å²) in [4.78, 5) is 9.84. The number of anilines is 1. The van der Waals surface area contributed by atoms with Crippen LogP contribution >= 0.6 is 0 Å². The van der Waals surface area contributed by atoms with Gasteiger partial charge in [0.15, 0.2) is 0 Å². The number of nitrogens with one attached hydrogen (secondary N) is 1. The Kier molecular flexibility index (Phi) is 3.94. The molecule has 0 radical (unpaired) electrons. The summed E-state index contributed by atoms with van der Waals surface area (Å²) >= 11 is 0. The molecule has 2 unspecified atom stereocenters. The van der Waals surface area contributed by atoms with Crippen molar-refractivity contribution in [2.45, 2.75) is 39.3 Å². The topological polar surface area (TPSA) is 64.4 Å². The lowest BCUT2D eigenvalue weighted by atomic mass is 9.64. The predicted octanol–water partition coefficient (Wildman–Crippen LogP) is 3.35. The number of rotatable bonds is 5. The highest BCUT2D eigenvalue weighted by atomic mass is 19.1. The third kappa shape index (κ3) is 2.60. The highest BCUT2D eigenvalue weighted by Gasteiger charge is 2.48. The summed E-state index contributed by atoms with van der Waals surface area (Å²) in [5.74, 6) is -0.821. The van der Waals surface area contributed by atoms with Crippen LogP contribution in [0.15, 0.2) is 18.2 Å². The Hall–Kier alpha value is -1.69. The second-order valence-corrected chi connectivity index (χ2v) is 5.62. The van der Waals surface area contributed by atoms with Crippen molar-refractivity contribution in [1.82, 2.24) is 0 Å². The minimum atomic E-state index is -0.821. The fourth-order valence-electron chi connectivity index (χ4n) is 2.56. The minimum Gasteiger partial charge on any atom is -0.381 e. The first-order chi connectivity index (χ1) is 9.36. The van der Waals surface area contributed by atoms with Gasteiger partial charge in [-0.05, 0) is 19.4 Å². The van der Waals surface area contributed by atoms with E-state index in [0.717, 1.165) is 6.42 Å². The molecule has 0 amide bonds. The van der Waals surface area contributed by atoms with Crippen LogP contribution < -0.4 is 5.32 Å². The number of benzene rings is 1. The lowest BCUT2D eigenvalue weighted by molar-refractivity contribution is -0.387. The van der Waals surface area contributed by atoms with E-state index >= 15 is 0 Å². The molecule has 1 saturated carbocycles. The van der Waals surface area contributed by atoms with Gasteiger partial charge in [0.2, 0.25) is 5.82 Å². The first-order valence-corrected chi connectivity index (χ1v) is 6.68. The van der Waals surface area contributed by atoms with Crippen molar-refractivity contribution in [3.05, 3.63) is 34.1 Å². The lowest BCUT2D eigenvalue weighted by Crippen LogP contribution is -2.58. The van der Waals surface area contributed by atoms with Crippen LogP contribution in [0.2, 0.25) is 0 Å². The van der Waals surface area contributed by atoms with Crippen molar-refractivity contribution < 1.29 is 14.1 Å². The number of hydrogen-bond donors (Lipinski definition) is 1. The van der Waals surface area contributed by atoms with Gasteiger partial charge in [-0.2, -0.15) is 4.39 Å². The molecule has 1 aliphatic rings. The van der Waals surface area contributed by atoms with E-state index in [-0.39, 0.29) is 17.6 Å². The largest absolute Gasteiger partial charge is 0.381 e. The first-order valence-electron chi connectivity index (χ1n) is 6.68. The molecule has 6 heteroatoms. The molecule has 0 heterocycles. The van der Waals surface area contributed by atoms with Crippen molar-refractivity contribution in [2.24, 2.45) is 5.41 Å². The fraction of sp³-hybridized carbons (Fsp3) is 0.571. The van der Waals surface area contributed by atoms with Gasteiger partial charge in [0, 0.05) is 35.9 Å². The van der Waals surface area contributed by atoms with Crippen molar-refractivity contribution >= 4 is 11.4 Å². The minimum absolute atomic E-state index is 0.0474. The number of ether oxygens (including phenoxy) is 1. The average molecular weight is 282 g/mol. The molecular weight excluding hydrogens is 263 g/mol. The van der Waals surface area contributed by atoms with Gasteiger partial charge in [0.25, 0.3) is 0 Å². The van der Waals surface area contributed by atoms with E-state index in [1.165, 1.54) is 18.2 Å². The van der Waals surface area contributed by atoms with E-state index in [1.54, 1.807) is 0 Å². The normalized spacial score (nSPS) is 24.0. The molecule has 0 saturated heterocycles. The fourth-order valence-corrected chi connectivity index (χ4v) is 2.56. The monoisotopic (exact) mass is 282 g/mol. The van der Waals surface area contributed by atoms with Crippen LogP contribution in [0.5, 0.6) is 0 Å². The number of nitro benzene ring substituents is 1. The van der Waals surface area contributed by atoms with Crippen LogP contribution in [0.25, 0.3) is 0 Å². The van der Waals surface area contributed by atoms with Gasteiger partial charge in [0.1, 0.15) is 0 Å². The van der Waals surface area contributed by atoms with E-state index in [9.17, 15) is 14.5 Å². The maximum absolute atomic E-state index is 13.6. The molecule has 1 N–H and O–H groups in total. The molecule has 1 aliphatic carbocycles. The van der Waals surface area contributed by atoms with E-state index in [2.05, 4.69) is 19.2 Å². The predicted molar refractivity (Wildman–Crippen MR) is 74.3 cm³/mol. The number of halogens is 1. The van der Waals surface area contributed by atoms with Crippen LogP contribution in [-0.2, 0) is 4.74 Å². The Morgan fingerprint density at radius 2 is 2.25 bits per heavy atom. The molecule has 110 valence electrons. The van der Waals surface area contributed by atoms with Crippen LogP contribution in [-0.4, -0.2) is 23.7 Å². The van der Waals surface area contributed by atoms with Gasteiger partial charge >= 0.3 is 5.69 Å². The Morgan fingerprint density at radius 1 is 1.55 bits per heavy atom. The van der Waals surface area contributed by atoms with E-state index < -0.39 is 16.4 Å². The average Bonchev–Trinajstić information content (AvgIpc) is 2.37. The molecule has 0 aromatic heterocycles. The van der Waals surface area contributed by atoms with Gasteiger partial charge in [-0.3, -0.25) is 10.1 Å². The second-order valence-electron chi connectivity index (χ2n) is 5.62. The quantitative estimate of drug-likeness (QED) is 0.664. The highest BCUT2D eigenvalue weighted by molar-refractivity contribution is 5.51. The Morgan fingerprint density at radius 3 is 2.75 bits per heavy atom. The molecule has 1 aromatic rings. The van der Waals surface area contributed by atoms with Crippen molar-refractivity contribution in [3.63, 3.8) is 0 Å². The molecule has 0 spiro atoms.